The largest absolute Gasteiger partial charge is 0.416 e. The average Bonchev–Trinajstić information content (AvgIpc) is 2.39. The number of halogens is 5. The van der Waals surface area contributed by atoms with Crippen molar-refractivity contribution in [3.05, 3.63) is 51.3 Å². The van der Waals surface area contributed by atoms with Gasteiger partial charge < -0.3 is 5.32 Å². The van der Waals surface area contributed by atoms with E-state index in [0.29, 0.717) is 10.3 Å². The van der Waals surface area contributed by atoms with Crippen LogP contribution in [0, 0.1) is 0 Å². The molecule has 3 nitrogen and oxygen atoms in total. The van der Waals surface area contributed by atoms with Crippen LogP contribution >= 0.6 is 27.5 Å². The molecule has 1 N–H and O–H groups in total. The van der Waals surface area contributed by atoms with Crippen molar-refractivity contribution in [1.82, 2.24) is 9.97 Å². The fourth-order valence-corrected chi connectivity index (χ4v) is 2.06. The normalized spacial score (nSPS) is 11.4. The molecule has 0 saturated carbocycles. The van der Waals surface area contributed by atoms with Crippen molar-refractivity contribution in [2.24, 2.45) is 0 Å². The van der Waals surface area contributed by atoms with Crippen molar-refractivity contribution < 1.29 is 13.2 Å². The quantitative estimate of drug-likeness (QED) is 0.812. The summed E-state index contributed by atoms with van der Waals surface area (Å²) in [7, 11) is 0. The first-order chi connectivity index (χ1) is 9.38. The zero-order valence-corrected chi connectivity index (χ0v) is 12.2. The van der Waals surface area contributed by atoms with E-state index >= 15 is 0 Å². The third-order valence-electron chi connectivity index (χ3n) is 2.48. The minimum Gasteiger partial charge on any atom is -0.365 e. The van der Waals surface area contributed by atoms with E-state index in [1.165, 1.54) is 18.3 Å². The molecular formula is C12H8BrClF3N3. The van der Waals surface area contributed by atoms with E-state index in [4.69, 9.17) is 11.6 Å². The lowest BCUT2D eigenvalue weighted by atomic mass is 10.1. The number of nitrogens with zero attached hydrogens (tertiary/aromatic N) is 2. The van der Waals surface area contributed by atoms with Crippen LogP contribution in [-0.2, 0) is 12.7 Å². The van der Waals surface area contributed by atoms with Gasteiger partial charge >= 0.3 is 6.18 Å². The first-order valence-corrected chi connectivity index (χ1v) is 6.62. The Hall–Kier alpha value is -1.34. The molecule has 0 aliphatic carbocycles. The van der Waals surface area contributed by atoms with Crippen LogP contribution < -0.4 is 5.32 Å². The minimum atomic E-state index is -4.39. The maximum absolute atomic E-state index is 12.8. The monoisotopic (exact) mass is 365 g/mol. The molecule has 0 bridgehead atoms. The molecule has 20 heavy (non-hydrogen) atoms. The van der Waals surface area contributed by atoms with Crippen LogP contribution in [0.15, 0.2) is 34.9 Å². The van der Waals surface area contributed by atoms with Gasteiger partial charge in [-0.25, -0.2) is 4.98 Å². The van der Waals surface area contributed by atoms with Crippen LogP contribution in [0.2, 0.25) is 5.28 Å². The molecule has 2 rings (SSSR count). The highest BCUT2D eigenvalue weighted by molar-refractivity contribution is 9.10. The molecular weight excluding hydrogens is 359 g/mol. The Labute approximate surface area is 126 Å². The predicted octanol–water partition coefficient (Wildman–Crippen LogP) is 4.52. The molecule has 0 aliphatic rings. The molecule has 8 heteroatoms. The maximum Gasteiger partial charge on any atom is 0.416 e. The molecule has 1 heterocycles. The Kier molecular flexibility index (Phi) is 4.49. The molecule has 0 amide bonds. The molecule has 0 saturated heterocycles. The number of rotatable bonds is 3. The zero-order chi connectivity index (χ0) is 14.8. The van der Waals surface area contributed by atoms with Crippen molar-refractivity contribution in [3.8, 4) is 0 Å². The number of hydrogen-bond donors (Lipinski definition) is 1. The molecule has 0 fully saturated rings. The van der Waals surface area contributed by atoms with Crippen molar-refractivity contribution in [2.75, 3.05) is 5.32 Å². The van der Waals surface area contributed by atoms with Gasteiger partial charge in [-0.1, -0.05) is 18.2 Å². The van der Waals surface area contributed by atoms with Crippen molar-refractivity contribution in [3.63, 3.8) is 0 Å². The number of anilines is 1. The summed E-state index contributed by atoms with van der Waals surface area (Å²) in [4.78, 5) is 7.63. The summed E-state index contributed by atoms with van der Waals surface area (Å²) in [6.45, 7) is -0.0262. The standard InChI is InChI=1S/C12H8BrClF3N3/c13-9-6-19-11(14)20-10(9)18-5-7-3-1-2-4-8(7)12(15,16)17/h1-4,6H,5H2,(H,18,19,20). The SMILES string of the molecule is FC(F)(F)c1ccccc1CNc1nc(Cl)ncc1Br. The summed E-state index contributed by atoms with van der Waals surface area (Å²) in [5.41, 5.74) is -0.551. The molecule has 0 radical (unpaired) electrons. The second-order valence-corrected chi connectivity index (χ2v) is 5.04. The third-order valence-corrected chi connectivity index (χ3v) is 3.25. The number of aromatic nitrogens is 2. The van der Waals surface area contributed by atoms with Gasteiger partial charge in [0.25, 0.3) is 0 Å². The van der Waals surface area contributed by atoms with Crippen LogP contribution in [-0.4, -0.2) is 9.97 Å². The van der Waals surface area contributed by atoms with Crippen LogP contribution in [0.3, 0.4) is 0 Å². The van der Waals surface area contributed by atoms with E-state index in [-0.39, 0.29) is 17.4 Å². The van der Waals surface area contributed by atoms with Gasteiger partial charge in [-0.2, -0.15) is 18.2 Å². The van der Waals surface area contributed by atoms with Crippen molar-refractivity contribution in [2.45, 2.75) is 12.7 Å². The second kappa shape index (κ2) is 5.97. The third kappa shape index (κ3) is 3.61. The van der Waals surface area contributed by atoms with Gasteiger partial charge in [0.15, 0.2) is 0 Å². The van der Waals surface area contributed by atoms with E-state index in [0.717, 1.165) is 6.07 Å². The highest BCUT2D eigenvalue weighted by Gasteiger charge is 2.32. The number of alkyl halides is 3. The van der Waals surface area contributed by atoms with Gasteiger partial charge in [-0.05, 0) is 39.2 Å². The van der Waals surface area contributed by atoms with Gasteiger partial charge in [0, 0.05) is 12.7 Å². The Balaban J connectivity index is 2.21. The van der Waals surface area contributed by atoms with E-state index in [9.17, 15) is 13.2 Å². The first kappa shape index (κ1) is 15.1. The van der Waals surface area contributed by atoms with Gasteiger partial charge in [0.1, 0.15) is 5.82 Å². The van der Waals surface area contributed by atoms with Crippen LogP contribution in [0.5, 0.6) is 0 Å². The van der Waals surface area contributed by atoms with E-state index in [1.807, 2.05) is 0 Å². The molecule has 0 atom stereocenters. The highest BCUT2D eigenvalue weighted by atomic mass is 79.9. The van der Waals surface area contributed by atoms with Gasteiger partial charge in [-0.3, -0.25) is 0 Å². The topological polar surface area (TPSA) is 37.8 Å². The molecule has 0 spiro atoms. The minimum absolute atomic E-state index is 0.0137. The number of hydrogen-bond acceptors (Lipinski definition) is 3. The Morgan fingerprint density at radius 3 is 2.65 bits per heavy atom. The predicted molar refractivity (Wildman–Crippen MR) is 73.5 cm³/mol. The van der Waals surface area contributed by atoms with Crippen LogP contribution in [0.1, 0.15) is 11.1 Å². The lowest BCUT2D eigenvalue weighted by molar-refractivity contribution is -0.138. The smallest absolute Gasteiger partial charge is 0.365 e. The molecule has 1 aromatic heterocycles. The summed E-state index contributed by atoms with van der Waals surface area (Å²) in [6, 6.07) is 5.35. The number of nitrogens with one attached hydrogen (secondary N) is 1. The van der Waals surface area contributed by atoms with E-state index < -0.39 is 11.7 Å². The summed E-state index contributed by atoms with van der Waals surface area (Å²) in [5, 5.41) is 2.81. The van der Waals surface area contributed by atoms with Crippen molar-refractivity contribution in [1.29, 1.82) is 0 Å². The molecule has 0 aliphatic heterocycles. The number of benzene rings is 1. The fourth-order valence-electron chi connectivity index (χ4n) is 1.60. The summed E-state index contributed by atoms with van der Waals surface area (Å²) in [6.07, 6.45) is -2.97. The summed E-state index contributed by atoms with van der Waals surface area (Å²) in [5.74, 6) is 0.335. The lowest BCUT2D eigenvalue weighted by Crippen LogP contribution is -2.12. The van der Waals surface area contributed by atoms with Gasteiger partial charge in [-0.15, -0.1) is 0 Å². The molecule has 106 valence electrons. The summed E-state index contributed by atoms with van der Waals surface area (Å²) >= 11 is 8.83. The van der Waals surface area contributed by atoms with Crippen molar-refractivity contribution >= 4 is 33.3 Å². The Morgan fingerprint density at radius 1 is 1.25 bits per heavy atom. The van der Waals surface area contributed by atoms with Gasteiger partial charge in [0.05, 0.1) is 10.0 Å². The fraction of sp³-hybridized carbons (Fsp3) is 0.167. The lowest BCUT2D eigenvalue weighted by Gasteiger charge is -2.14. The first-order valence-electron chi connectivity index (χ1n) is 5.45. The van der Waals surface area contributed by atoms with Gasteiger partial charge in [0.2, 0.25) is 5.28 Å². The average molecular weight is 367 g/mol. The maximum atomic E-state index is 12.8. The van der Waals surface area contributed by atoms with E-state index in [1.54, 1.807) is 6.07 Å². The van der Waals surface area contributed by atoms with Crippen LogP contribution in [0.4, 0.5) is 19.0 Å². The highest BCUT2D eigenvalue weighted by Crippen LogP contribution is 2.32. The Bertz CT molecular complexity index is 619. The Morgan fingerprint density at radius 2 is 1.95 bits per heavy atom. The second-order valence-electron chi connectivity index (χ2n) is 3.84. The van der Waals surface area contributed by atoms with E-state index in [2.05, 4.69) is 31.2 Å². The van der Waals surface area contributed by atoms with Crippen LogP contribution in [0.25, 0.3) is 0 Å². The molecule has 1 aromatic carbocycles. The summed E-state index contributed by atoms with van der Waals surface area (Å²) < 4.78 is 39.0. The molecule has 0 unspecified atom stereocenters. The zero-order valence-electron chi connectivity index (χ0n) is 9.88. The molecule has 2 aromatic rings.